The second kappa shape index (κ2) is 10.8. The molecule has 0 aliphatic carbocycles. The number of rotatable bonds is 7. The largest absolute Gasteiger partial charge is 0.351 e. The Kier molecular flexibility index (Phi) is 7.58. The number of benzene rings is 3. The highest BCUT2D eigenvalue weighted by atomic mass is 16.2. The SMILES string of the molecule is CC(C)C1N(C(=O)CC(C)(C)C)CC[C@]1(C=O)c1ccccc1N(C)c1cccc(-c2ccc3ccn(C)c3c2)c1. The lowest BCUT2D eigenvalue weighted by Gasteiger charge is -2.40. The third-order valence-electron chi connectivity index (χ3n) is 8.70. The van der Waals surface area contributed by atoms with E-state index < -0.39 is 5.41 Å². The summed E-state index contributed by atoms with van der Waals surface area (Å²) in [6.07, 6.45) is 4.30. The summed E-state index contributed by atoms with van der Waals surface area (Å²) in [5.41, 5.74) is 5.63. The highest BCUT2D eigenvalue weighted by Crippen LogP contribution is 2.47. The summed E-state index contributed by atoms with van der Waals surface area (Å²) in [6.45, 7) is 11.1. The average molecular weight is 550 g/mol. The van der Waals surface area contributed by atoms with Crippen molar-refractivity contribution >= 4 is 34.5 Å². The topological polar surface area (TPSA) is 45.6 Å². The zero-order chi connectivity index (χ0) is 29.5. The third-order valence-corrected chi connectivity index (χ3v) is 8.70. The van der Waals surface area contributed by atoms with Gasteiger partial charge in [0.1, 0.15) is 6.29 Å². The molecule has 0 spiro atoms. The quantitative estimate of drug-likeness (QED) is 0.222. The van der Waals surface area contributed by atoms with Crippen LogP contribution in [0.3, 0.4) is 0 Å². The Bertz CT molecular complexity index is 1580. The Morgan fingerprint density at radius 3 is 2.46 bits per heavy atom. The first kappa shape index (κ1) is 28.7. The second-order valence-electron chi connectivity index (χ2n) is 13.2. The minimum atomic E-state index is -0.776. The fraction of sp³-hybridized carbons (Fsp3) is 0.389. The van der Waals surface area contributed by atoms with Gasteiger partial charge in [-0.15, -0.1) is 0 Å². The standard InChI is InChI=1S/C36H43N3O2/c1-25(2)34-36(24-40,18-20-39(34)33(41)23-35(3,4)5)30-13-8-9-14-31(30)38(7)29-12-10-11-27(21-29)28-16-15-26-17-19-37(6)32(26)22-28/h8-17,19,21-22,24-25,34H,18,20,23H2,1-7H3/t34?,36-/m0/s1. The fourth-order valence-electron chi connectivity index (χ4n) is 6.78. The molecule has 1 amide bonds. The van der Waals surface area contributed by atoms with E-state index in [0.29, 0.717) is 19.4 Å². The molecule has 0 radical (unpaired) electrons. The van der Waals surface area contributed by atoms with Crippen LogP contribution in [0.5, 0.6) is 0 Å². The number of para-hydroxylation sites is 1. The molecule has 5 nitrogen and oxygen atoms in total. The van der Waals surface area contributed by atoms with Crippen LogP contribution in [0.4, 0.5) is 11.4 Å². The van der Waals surface area contributed by atoms with Crippen molar-refractivity contribution in [3.63, 3.8) is 0 Å². The molecule has 214 valence electrons. The van der Waals surface area contributed by atoms with Crippen molar-refractivity contribution in [1.82, 2.24) is 9.47 Å². The zero-order valence-electron chi connectivity index (χ0n) is 25.5. The van der Waals surface area contributed by atoms with E-state index in [2.05, 4.69) is 125 Å². The van der Waals surface area contributed by atoms with Gasteiger partial charge in [-0.05, 0) is 70.2 Å². The summed E-state index contributed by atoms with van der Waals surface area (Å²) in [4.78, 5) is 30.9. The van der Waals surface area contributed by atoms with Crippen LogP contribution in [0, 0.1) is 11.3 Å². The number of fused-ring (bicyclic) bond motifs is 1. The molecule has 1 aliphatic rings. The molecule has 1 aliphatic heterocycles. The van der Waals surface area contributed by atoms with E-state index in [1.54, 1.807) is 0 Å². The molecular weight excluding hydrogens is 506 g/mol. The van der Waals surface area contributed by atoms with E-state index >= 15 is 0 Å². The summed E-state index contributed by atoms with van der Waals surface area (Å²) < 4.78 is 2.15. The highest BCUT2D eigenvalue weighted by Gasteiger charge is 2.52. The summed E-state index contributed by atoms with van der Waals surface area (Å²) in [5, 5.41) is 1.23. The van der Waals surface area contributed by atoms with Gasteiger partial charge in [0, 0.05) is 50.1 Å². The smallest absolute Gasteiger partial charge is 0.223 e. The molecule has 1 saturated heterocycles. The Hall–Kier alpha value is -3.86. The van der Waals surface area contributed by atoms with Gasteiger partial charge in [-0.3, -0.25) is 4.79 Å². The summed E-state index contributed by atoms with van der Waals surface area (Å²) in [5.74, 6) is 0.259. The van der Waals surface area contributed by atoms with Crippen LogP contribution in [0.2, 0.25) is 0 Å². The lowest BCUT2D eigenvalue weighted by atomic mass is 9.70. The molecule has 0 bridgehead atoms. The molecule has 2 atom stereocenters. The minimum absolute atomic E-state index is 0.112. The summed E-state index contributed by atoms with van der Waals surface area (Å²) in [6, 6.07) is 25.3. The maximum Gasteiger partial charge on any atom is 0.223 e. The van der Waals surface area contributed by atoms with E-state index in [1.165, 1.54) is 10.9 Å². The first-order valence-electron chi connectivity index (χ1n) is 14.7. The zero-order valence-corrected chi connectivity index (χ0v) is 25.5. The first-order valence-corrected chi connectivity index (χ1v) is 14.7. The van der Waals surface area contributed by atoms with E-state index in [0.717, 1.165) is 34.4 Å². The third kappa shape index (κ3) is 5.30. The molecule has 0 saturated carbocycles. The van der Waals surface area contributed by atoms with Crippen molar-refractivity contribution in [3.05, 3.63) is 84.6 Å². The van der Waals surface area contributed by atoms with Crippen molar-refractivity contribution in [3.8, 4) is 11.1 Å². The van der Waals surface area contributed by atoms with Crippen LogP contribution in [-0.2, 0) is 22.1 Å². The van der Waals surface area contributed by atoms with E-state index in [1.807, 2.05) is 17.0 Å². The first-order chi connectivity index (χ1) is 19.4. The predicted octanol–water partition coefficient (Wildman–Crippen LogP) is 7.74. The number of anilines is 2. The van der Waals surface area contributed by atoms with E-state index in [9.17, 15) is 9.59 Å². The van der Waals surface area contributed by atoms with Gasteiger partial charge < -0.3 is 19.2 Å². The normalized spacial score (nSPS) is 19.2. The minimum Gasteiger partial charge on any atom is -0.351 e. The highest BCUT2D eigenvalue weighted by molar-refractivity contribution is 5.87. The van der Waals surface area contributed by atoms with E-state index in [4.69, 9.17) is 0 Å². The predicted molar refractivity (Wildman–Crippen MR) is 170 cm³/mol. The van der Waals surface area contributed by atoms with Crippen LogP contribution in [0.15, 0.2) is 79.0 Å². The number of likely N-dealkylation sites (tertiary alicyclic amines) is 1. The van der Waals surface area contributed by atoms with Gasteiger partial charge in [-0.1, -0.05) is 77.1 Å². The number of aromatic nitrogens is 1. The van der Waals surface area contributed by atoms with Gasteiger partial charge in [0.05, 0.1) is 11.5 Å². The number of aldehydes is 1. The number of amides is 1. The van der Waals surface area contributed by atoms with Gasteiger partial charge in [-0.2, -0.15) is 0 Å². The lowest BCUT2D eigenvalue weighted by molar-refractivity contribution is -0.135. The average Bonchev–Trinajstić information content (AvgIpc) is 3.53. The Morgan fingerprint density at radius 1 is 1.02 bits per heavy atom. The van der Waals surface area contributed by atoms with Gasteiger partial charge >= 0.3 is 0 Å². The molecule has 2 heterocycles. The maximum absolute atomic E-state index is 13.5. The van der Waals surface area contributed by atoms with Crippen molar-refractivity contribution in [2.24, 2.45) is 18.4 Å². The Balaban J connectivity index is 1.54. The number of aryl methyl sites for hydroxylation is 1. The number of carbonyl (C=O) groups excluding carboxylic acids is 2. The molecule has 41 heavy (non-hydrogen) atoms. The molecular formula is C36H43N3O2. The summed E-state index contributed by atoms with van der Waals surface area (Å²) in [7, 11) is 4.14. The van der Waals surface area contributed by atoms with Gasteiger partial charge in [0.25, 0.3) is 0 Å². The molecule has 5 heteroatoms. The molecule has 5 rings (SSSR count). The number of hydrogen-bond acceptors (Lipinski definition) is 3. The van der Waals surface area contributed by atoms with Crippen LogP contribution in [0.25, 0.3) is 22.0 Å². The Labute approximate surface area is 244 Å². The summed E-state index contributed by atoms with van der Waals surface area (Å²) >= 11 is 0. The number of hydrogen-bond donors (Lipinski definition) is 0. The monoisotopic (exact) mass is 549 g/mol. The van der Waals surface area contributed by atoms with Gasteiger partial charge in [0.15, 0.2) is 0 Å². The maximum atomic E-state index is 13.5. The van der Waals surface area contributed by atoms with Crippen molar-refractivity contribution in [2.75, 3.05) is 18.5 Å². The molecule has 3 aromatic carbocycles. The van der Waals surface area contributed by atoms with Gasteiger partial charge in [0.2, 0.25) is 5.91 Å². The Morgan fingerprint density at radius 2 is 1.76 bits per heavy atom. The fourth-order valence-corrected chi connectivity index (χ4v) is 6.78. The van der Waals surface area contributed by atoms with Crippen LogP contribution < -0.4 is 4.90 Å². The van der Waals surface area contributed by atoms with Crippen molar-refractivity contribution in [2.45, 2.75) is 58.9 Å². The van der Waals surface area contributed by atoms with E-state index in [-0.39, 0.29) is 23.3 Å². The van der Waals surface area contributed by atoms with Gasteiger partial charge in [-0.25, -0.2) is 0 Å². The molecule has 1 fully saturated rings. The van der Waals surface area contributed by atoms with Crippen molar-refractivity contribution < 1.29 is 9.59 Å². The molecule has 4 aromatic rings. The lowest BCUT2D eigenvalue weighted by Crippen LogP contribution is -2.50. The van der Waals surface area contributed by atoms with Crippen LogP contribution in [-0.4, -0.2) is 41.3 Å². The molecule has 1 unspecified atom stereocenters. The number of nitrogens with zero attached hydrogens (tertiary/aromatic N) is 3. The second-order valence-corrected chi connectivity index (χ2v) is 13.2. The van der Waals surface area contributed by atoms with Crippen LogP contribution in [0.1, 0.15) is 53.0 Å². The van der Waals surface area contributed by atoms with Crippen molar-refractivity contribution in [1.29, 1.82) is 0 Å². The van der Waals surface area contributed by atoms with Crippen LogP contribution >= 0.6 is 0 Å². The molecule has 1 aromatic heterocycles. The number of carbonyl (C=O) groups is 2. The molecule has 0 N–H and O–H groups in total.